The Morgan fingerprint density at radius 1 is 1.11 bits per heavy atom. The predicted octanol–water partition coefficient (Wildman–Crippen LogP) is 1.76. The molecule has 2 aliphatic carbocycles. The van der Waals surface area contributed by atoms with Crippen LogP contribution in [0.25, 0.3) is 0 Å². The molecule has 3 N–H and O–H groups in total. The van der Waals surface area contributed by atoms with E-state index in [2.05, 4.69) is 4.72 Å². The monoisotopic (exact) mass is 274 g/mol. The minimum absolute atomic E-state index is 0.174. The van der Waals surface area contributed by atoms with Crippen molar-refractivity contribution in [3.63, 3.8) is 0 Å². The lowest BCUT2D eigenvalue weighted by atomic mass is 9.99. The maximum atomic E-state index is 12.4. The van der Waals surface area contributed by atoms with E-state index in [1.54, 1.807) is 0 Å². The Morgan fingerprint density at radius 3 is 2.33 bits per heavy atom. The summed E-state index contributed by atoms with van der Waals surface area (Å²) in [4.78, 5) is 0. The number of nitrogens with two attached hydrogens (primary N) is 1. The summed E-state index contributed by atoms with van der Waals surface area (Å²) in [7, 11) is -3.11. The van der Waals surface area contributed by atoms with Gasteiger partial charge in [-0.2, -0.15) is 0 Å². The smallest absolute Gasteiger partial charge is 0.215 e. The highest BCUT2D eigenvalue weighted by Crippen LogP contribution is 2.34. The van der Waals surface area contributed by atoms with Crippen molar-refractivity contribution in [2.45, 2.75) is 69.1 Å². The van der Waals surface area contributed by atoms with E-state index in [4.69, 9.17) is 5.73 Å². The van der Waals surface area contributed by atoms with Gasteiger partial charge in [0.2, 0.25) is 10.0 Å². The molecular weight excluding hydrogens is 248 g/mol. The average Bonchev–Trinajstić information content (AvgIpc) is 2.96. The minimum atomic E-state index is -3.11. The fourth-order valence-electron chi connectivity index (χ4n) is 2.98. The first-order chi connectivity index (χ1) is 8.63. The topological polar surface area (TPSA) is 72.2 Å². The van der Waals surface area contributed by atoms with E-state index in [0.29, 0.717) is 12.5 Å². The van der Waals surface area contributed by atoms with E-state index >= 15 is 0 Å². The van der Waals surface area contributed by atoms with Crippen molar-refractivity contribution < 1.29 is 8.42 Å². The maximum absolute atomic E-state index is 12.4. The molecular formula is C13H26N2O2S. The van der Waals surface area contributed by atoms with E-state index < -0.39 is 10.0 Å². The van der Waals surface area contributed by atoms with Crippen molar-refractivity contribution in [3.05, 3.63) is 0 Å². The molecule has 0 heterocycles. The average molecular weight is 274 g/mol. The summed E-state index contributed by atoms with van der Waals surface area (Å²) in [5.74, 6) is 0.374. The number of rotatable bonds is 8. The fraction of sp³-hybridized carbons (Fsp3) is 1.00. The number of nitrogens with one attached hydrogen (secondary N) is 1. The Kier molecular flexibility index (Phi) is 5.04. The zero-order valence-corrected chi connectivity index (χ0v) is 11.9. The lowest BCUT2D eigenvalue weighted by Crippen LogP contribution is -2.39. The van der Waals surface area contributed by atoms with E-state index in [-0.39, 0.29) is 11.3 Å². The van der Waals surface area contributed by atoms with Crippen LogP contribution in [0.2, 0.25) is 0 Å². The molecule has 0 radical (unpaired) electrons. The van der Waals surface area contributed by atoms with Crippen LogP contribution < -0.4 is 10.5 Å². The second-order valence-corrected chi connectivity index (χ2v) is 7.74. The summed E-state index contributed by atoms with van der Waals surface area (Å²) >= 11 is 0. The normalized spacial score (nSPS) is 23.4. The van der Waals surface area contributed by atoms with E-state index in [1.165, 1.54) is 12.8 Å². The first kappa shape index (κ1) is 14.3. The number of hydrogen-bond acceptors (Lipinski definition) is 3. The highest BCUT2D eigenvalue weighted by atomic mass is 32.2. The number of sulfonamides is 1. The van der Waals surface area contributed by atoms with Gasteiger partial charge in [0.15, 0.2) is 0 Å². The second kappa shape index (κ2) is 6.35. The summed E-state index contributed by atoms with van der Waals surface area (Å²) in [5, 5.41) is -0.174. The molecule has 5 heteroatoms. The third-order valence-corrected chi connectivity index (χ3v) is 6.25. The molecule has 0 spiro atoms. The van der Waals surface area contributed by atoms with Gasteiger partial charge >= 0.3 is 0 Å². The molecule has 1 atom stereocenters. The third-order valence-electron chi connectivity index (χ3n) is 4.18. The van der Waals surface area contributed by atoms with Crippen molar-refractivity contribution in [1.82, 2.24) is 4.72 Å². The Labute approximate surface area is 111 Å². The number of unbranched alkanes of at least 4 members (excludes halogenated alkanes) is 1. The zero-order valence-electron chi connectivity index (χ0n) is 11.1. The zero-order chi connectivity index (χ0) is 13.0. The van der Waals surface area contributed by atoms with E-state index in [9.17, 15) is 8.42 Å². The van der Waals surface area contributed by atoms with Crippen LogP contribution in [0, 0.1) is 5.92 Å². The van der Waals surface area contributed by atoms with Crippen molar-refractivity contribution in [1.29, 1.82) is 0 Å². The van der Waals surface area contributed by atoms with Crippen molar-refractivity contribution >= 4 is 10.0 Å². The molecule has 2 fully saturated rings. The van der Waals surface area contributed by atoms with Gasteiger partial charge in [0.05, 0.1) is 5.25 Å². The molecule has 2 saturated carbocycles. The van der Waals surface area contributed by atoms with Gasteiger partial charge in [-0.1, -0.05) is 19.3 Å². The molecule has 0 amide bonds. The summed E-state index contributed by atoms with van der Waals surface area (Å²) in [6.45, 7) is 0.660. The van der Waals surface area contributed by atoms with Crippen LogP contribution in [0.3, 0.4) is 0 Å². The van der Waals surface area contributed by atoms with E-state index in [1.807, 2.05) is 0 Å². The first-order valence-corrected chi connectivity index (χ1v) is 8.89. The van der Waals surface area contributed by atoms with Gasteiger partial charge in [-0.05, 0) is 51.0 Å². The fourth-order valence-corrected chi connectivity index (χ4v) is 5.12. The van der Waals surface area contributed by atoms with Crippen LogP contribution in [-0.4, -0.2) is 26.3 Å². The standard InChI is InChI=1S/C13H26N2O2S/c14-10-4-3-7-13(11-5-1-2-6-11)18(16,17)15-12-8-9-12/h11-13,15H,1-10,14H2. The van der Waals surface area contributed by atoms with Gasteiger partial charge in [0.25, 0.3) is 0 Å². The van der Waals surface area contributed by atoms with Crippen LogP contribution in [0.4, 0.5) is 0 Å². The third kappa shape index (κ3) is 3.93. The Balaban J connectivity index is 1.96. The van der Waals surface area contributed by atoms with Crippen LogP contribution in [0.15, 0.2) is 0 Å². The van der Waals surface area contributed by atoms with Crippen LogP contribution in [0.5, 0.6) is 0 Å². The number of hydrogen-bond donors (Lipinski definition) is 2. The highest BCUT2D eigenvalue weighted by molar-refractivity contribution is 7.90. The largest absolute Gasteiger partial charge is 0.330 e. The van der Waals surface area contributed by atoms with Crippen molar-refractivity contribution in [2.24, 2.45) is 11.7 Å². The molecule has 18 heavy (non-hydrogen) atoms. The van der Waals surface area contributed by atoms with Gasteiger partial charge < -0.3 is 5.73 Å². The lowest BCUT2D eigenvalue weighted by Gasteiger charge is -2.23. The van der Waals surface area contributed by atoms with Gasteiger partial charge in [-0.3, -0.25) is 0 Å². The predicted molar refractivity (Wildman–Crippen MR) is 73.7 cm³/mol. The van der Waals surface area contributed by atoms with Crippen molar-refractivity contribution in [2.75, 3.05) is 6.54 Å². The van der Waals surface area contributed by atoms with Crippen molar-refractivity contribution in [3.8, 4) is 0 Å². The van der Waals surface area contributed by atoms with Gasteiger partial charge in [-0.25, -0.2) is 13.1 Å². The molecule has 2 rings (SSSR count). The molecule has 0 aromatic heterocycles. The van der Waals surface area contributed by atoms with E-state index in [0.717, 1.165) is 44.9 Å². The molecule has 1 unspecified atom stereocenters. The lowest BCUT2D eigenvalue weighted by molar-refractivity contribution is 0.447. The van der Waals surface area contributed by atoms with Gasteiger partial charge in [0, 0.05) is 6.04 Å². The molecule has 4 nitrogen and oxygen atoms in total. The highest BCUT2D eigenvalue weighted by Gasteiger charge is 2.37. The molecule has 0 aromatic rings. The molecule has 106 valence electrons. The summed E-state index contributed by atoms with van der Waals surface area (Å²) in [5.41, 5.74) is 5.50. The quantitative estimate of drug-likeness (QED) is 0.662. The van der Waals surface area contributed by atoms with Crippen LogP contribution in [0.1, 0.15) is 57.8 Å². The minimum Gasteiger partial charge on any atom is -0.330 e. The van der Waals surface area contributed by atoms with Crippen LogP contribution >= 0.6 is 0 Å². The Morgan fingerprint density at radius 2 is 1.78 bits per heavy atom. The molecule has 2 aliphatic rings. The summed E-state index contributed by atoms with van der Waals surface area (Å²) in [6, 6.07) is 0.230. The molecule has 0 bridgehead atoms. The molecule has 0 saturated heterocycles. The first-order valence-electron chi connectivity index (χ1n) is 7.34. The summed E-state index contributed by atoms with van der Waals surface area (Å²) in [6.07, 6.45) is 9.22. The van der Waals surface area contributed by atoms with Crippen LogP contribution in [-0.2, 0) is 10.0 Å². The second-order valence-electron chi connectivity index (χ2n) is 5.80. The Hall–Kier alpha value is -0.130. The van der Waals surface area contributed by atoms with Gasteiger partial charge in [-0.15, -0.1) is 0 Å². The maximum Gasteiger partial charge on any atom is 0.215 e. The molecule has 0 aliphatic heterocycles. The van der Waals surface area contributed by atoms with Gasteiger partial charge in [0.1, 0.15) is 0 Å². The summed E-state index contributed by atoms with van der Waals surface area (Å²) < 4.78 is 27.7. The SMILES string of the molecule is NCCCCC(C1CCCC1)S(=O)(=O)NC1CC1. The Bertz CT molecular complexity index is 346. The molecule has 0 aromatic carbocycles.